The summed E-state index contributed by atoms with van der Waals surface area (Å²) in [6.07, 6.45) is 8.52. The third kappa shape index (κ3) is 1.67. The van der Waals surface area contributed by atoms with Gasteiger partial charge < -0.3 is 5.43 Å². The summed E-state index contributed by atoms with van der Waals surface area (Å²) in [6.45, 7) is 0. The highest BCUT2D eigenvalue weighted by atomic mass is 15.5. The minimum absolute atomic E-state index is 0.0771. The van der Waals surface area contributed by atoms with Crippen LogP contribution in [0.3, 0.4) is 0 Å². The Kier molecular flexibility index (Phi) is 2.28. The van der Waals surface area contributed by atoms with E-state index < -0.39 is 0 Å². The first-order valence-corrected chi connectivity index (χ1v) is 7.90. The molecule has 2 N–H and O–H groups in total. The number of aromatic nitrogens is 2. The first-order valence-electron chi connectivity index (χ1n) is 7.90. The van der Waals surface area contributed by atoms with Crippen molar-refractivity contribution in [2.45, 2.75) is 37.8 Å². The van der Waals surface area contributed by atoms with Crippen molar-refractivity contribution in [3.05, 3.63) is 36.2 Å². The lowest BCUT2D eigenvalue weighted by Gasteiger charge is -2.47. The number of hydrogen-bond acceptors (Lipinski definition) is 4. The molecular weight excluding hydrogens is 262 g/mol. The van der Waals surface area contributed by atoms with Crippen molar-refractivity contribution in [3.8, 4) is 0 Å². The molecule has 3 aliphatic carbocycles. The lowest BCUT2D eigenvalue weighted by molar-refractivity contribution is 0.0506. The quantitative estimate of drug-likeness (QED) is 0.841. The Hall–Kier alpha value is -1.88. The van der Waals surface area contributed by atoms with Crippen LogP contribution >= 0.6 is 0 Å². The summed E-state index contributed by atoms with van der Waals surface area (Å²) in [5, 5.41) is 4.62. The summed E-state index contributed by atoms with van der Waals surface area (Å²) in [7, 11) is 0. The van der Waals surface area contributed by atoms with Gasteiger partial charge in [-0.05, 0) is 62.1 Å². The molecule has 0 aromatic carbocycles. The maximum atomic E-state index is 5.05. The lowest BCUT2D eigenvalue weighted by atomic mass is 9.65. The first-order chi connectivity index (χ1) is 10.3. The number of nitrogens with one attached hydrogen (secondary N) is 2. The molecule has 2 bridgehead atoms. The van der Waals surface area contributed by atoms with Crippen molar-refractivity contribution in [1.29, 1.82) is 0 Å². The Balaban J connectivity index is 1.54. The molecule has 21 heavy (non-hydrogen) atoms. The monoisotopic (exact) mass is 281 g/mol. The van der Waals surface area contributed by atoms with E-state index in [1.807, 2.05) is 22.8 Å². The average Bonchev–Trinajstić information content (AvgIpc) is 3.13. The van der Waals surface area contributed by atoms with E-state index in [2.05, 4.69) is 28.1 Å². The van der Waals surface area contributed by atoms with Gasteiger partial charge in [0.05, 0.1) is 5.52 Å². The van der Waals surface area contributed by atoms with Crippen molar-refractivity contribution in [1.82, 2.24) is 20.5 Å². The number of fused-ring (bicyclic) bond motifs is 3. The number of aliphatic imine (C=N–C) groups is 1. The number of hydrogen-bond donors (Lipinski definition) is 2. The number of amidine groups is 1. The average molecular weight is 281 g/mol. The molecule has 2 aromatic rings. The van der Waals surface area contributed by atoms with Gasteiger partial charge in [-0.2, -0.15) is 5.10 Å². The molecule has 0 radical (unpaired) electrons. The van der Waals surface area contributed by atoms with Gasteiger partial charge >= 0.3 is 0 Å². The molecule has 0 unspecified atom stereocenters. The van der Waals surface area contributed by atoms with Crippen LogP contribution in [0.25, 0.3) is 5.52 Å². The number of nitrogens with zero attached hydrogens (tertiary/aromatic N) is 3. The second-order valence-electron chi connectivity index (χ2n) is 6.66. The zero-order valence-corrected chi connectivity index (χ0v) is 11.9. The highest BCUT2D eigenvalue weighted by Gasteiger charge is 2.50. The Morgan fingerprint density at radius 3 is 2.86 bits per heavy atom. The molecule has 4 aliphatic rings. The van der Waals surface area contributed by atoms with Crippen LogP contribution in [0, 0.1) is 11.8 Å². The minimum Gasteiger partial charge on any atom is -0.302 e. The predicted molar refractivity (Wildman–Crippen MR) is 80.8 cm³/mol. The second kappa shape index (κ2) is 4.07. The fraction of sp³-hybridized carbons (Fsp3) is 0.500. The second-order valence-corrected chi connectivity index (χ2v) is 6.66. The number of pyridine rings is 1. The zero-order chi connectivity index (χ0) is 13.9. The molecule has 0 amide bonds. The third-order valence-electron chi connectivity index (χ3n) is 5.44. The normalized spacial score (nSPS) is 34.4. The molecule has 6 rings (SSSR count). The van der Waals surface area contributed by atoms with E-state index in [1.165, 1.54) is 32.1 Å². The maximum Gasteiger partial charge on any atom is 0.165 e. The molecule has 0 saturated heterocycles. The largest absolute Gasteiger partial charge is 0.302 e. The summed E-state index contributed by atoms with van der Waals surface area (Å²) in [6, 6.07) is 8.18. The van der Waals surface area contributed by atoms with Gasteiger partial charge in [0.25, 0.3) is 0 Å². The Labute approximate surface area is 123 Å². The van der Waals surface area contributed by atoms with Crippen LogP contribution in [0.1, 0.15) is 37.8 Å². The number of hydrazine groups is 1. The molecule has 5 nitrogen and oxygen atoms in total. The van der Waals surface area contributed by atoms with E-state index in [-0.39, 0.29) is 5.66 Å². The molecule has 2 aromatic heterocycles. The smallest absolute Gasteiger partial charge is 0.165 e. The molecule has 5 heteroatoms. The fourth-order valence-corrected chi connectivity index (χ4v) is 4.34. The summed E-state index contributed by atoms with van der Waals surface area (Å²) in [5.74, 6) is 2.41. The summed E-state index contributed by atoms with van der Waals surface area (Å²) in [4.78, 5) is 5.05. The molecule has 1 aliphatic heterocycles. The fourth-order valence-electron chi connectivity index (χ4n) is 4.34. The molecule has 3 saturated carbocycles. The summed E-state index contributed by atoms with van der Waals surface area (Å²) >= 11 is 0. The van der Waals surface area contributed by atoms with Gasteiger partial charge in [0, 0.05) is 6.20 Å². The van der Waals surface area contributed by atoms with Crippen LogP contribution in [-0.4, -0.2) is 21.1 Å². The van der Waals surface area contributed by atoms with Gasteiger partial charge in [0.2, 0.25) is 0 Å². The van der Waals surface area contributed by atoms with Crippen molar-refractivity contribution in [3.63, 3.8) is 0 Å². The van der Waals surface area contributed by atoms with E-state index in [0.29, 0.717) is 5.92 Å². The number of rotatable bonds is 1. The molecule has 3 heterocycles. The van der Waals surface area contributed by atoms with Crippen molar-refractivity contribution >= 4 is 11.4 Å². The van der Waals surface area contributed by atoms with Crippen LogP contribution in [0.15, 0.2) is 35.5 Å². The molecular formula is C16H19N5. The van der Waals surface area contributed by atoms with E-state index in [9.17, 15) is 0 Å². The van der Waals surface area contributed by atoms with Gasteiger partial charge in [-0.25, -0.2) is 14.9 Å². The van der Waals surface area contributed by atoms with E-state index >= 15 is 0 Å². The Bertz CT molecular complexity index is 692. The minimum atomic E-state index is -0.0771. The van der Waals surface area contributed by atoms with Crippen LogP contribution in [0.5, 0.6) is 0 Å². The van der Waals surface area contributed by atoms with Crippen LogP contribution in [0.2, 0.25) is 0 Å². The van der Waals surface area contributed by atoms with Crippen molar-refractivity contribution < 1.29 is 0 Å². The Morgan fingerprint density at radius 2 is 2.10 bits per heavy atom. The topological polar surface area (TPSA) is 53.7 Å². The van der Waals surface area contributed by atoms with E-state index in [1.54, 1.807) is 0 Å². The maximum absolute atomic E-state index is 5.05. The van der Waals surface area contributed by atoms with E-state index in [4.69, 9.17) is 4.99 Å². The van der Waals surface area contributed by atoms with Gasteiger partial charge in [-0.1, -0.05) is 6.07 Å². The third-order valence-corrected chi connectivity index (χ3v) is 5.44. The van der Waals surface area contributed by atoms with E-state index in [0.717, 1.165) is 23.0 Å². The van der Waals surface area contributed by atoms with Gasteiger partial charge in [-0.15, -0.1) is 0 Å². The summed E-state index contributed by atoms with van der Waals surface area (Å²) < 4.78 is 1.90. The standard InChI is InChI=1S/C16H19N5/c1-2-8-21-13(3-1)9-14(19-21)15-17-16(20-18-15)10-11-4-6-12(16)7-5-11/h1-3,8-9,11-12,20H,4-7,10H2,(H,17,18)/t11?,12?,16-/m0/s1. The zero-order valence-electron chi connectivity index (χ0n) is 11.9. The summed E-state index contributed by atoms with van der Waals surface area (Å²) in [5.41, 5.74) is 8.74. The van der Waals surface area contributed by atoms with Crippen LogP contribution in [-0.2, 0) is 0 Å². The van der Waals surface area contributed by atoms with Crippen LogP contribution < -0.4 is 10.9 Å². The van der Waals surface area contributed by atoms with Gasteiger partial charge in [0.15, 0.2) is 5.84 Å². The molecule has 3 fully saturated rings. The van der Waals surface area contributed by atoms with Crippen molar-refractivity contribution in [2.75, 3.05) is 0 Å². The highest BCUT2D eigenvalue weighted by molar-refractivity contribution is 5.99. The predicted octanol–water partition coefficient (Wildman–Crippen LogP) is 2.10. The molecule has 1 spiro atoms. The molecule has 1 atom stereocenters. The molecule has 108 valence electrons. The van der Waals surface area contributed by atoms with Gasteiger partial charge in [0.1, 0.15) is 11.4 Å². The Morgan fingerprint density at radius 1 is 1.19 bits per heavy atom. The highest BCUT2D eigenvalue weighted by Crippen LogP contribution is 2.48. The van der Waals surface area contributed by atoms with Crippen LogP contribution in [0.4, 0.5) is 0 Å². The first kappa shape index (κ1) is 11.7. The van der Waals surface area contributed by atoms with Gasteiger partial charge in [-0.3, -0.25) is 0 Å². The SMILES string of the molecule is c1ccn2nc(C3=N[C@@]4(CC5CCC4CC5)NN3)cc2c1. The van der Waals surface area contributed by atoms with Crippen molar-refractivity contribution in [2.24, 2.45) is 16.8 Å². The lowest BCUT2D eigenvalue weighted by Crippen LogP contribution is -2.56.